The average Bonchev–Trinajstić information content (AvgIpc) is 3.62. The number of carbonyl (C=O) groups is 2. The fourth-order valence-electron chi connectivity index (χ4n) is 5.35. The van der Waals surface area contributed by atoms with Gasteiger partial charge in [0.05, 0.1) is 28.9 Å². The number of anilines is 1. The van der Waals surface area contributed by atoms with Crippen molar-refractivity contribution in [3.8, 4) is 6.07 Å². The molecule has 4 aliphatic rings. The first kappa shape index (κ1) is 20.7. The highest BCUT2D eigenvalue weighted by Crippen LogP contribution is 2.54. The van der Waals surface area contributed by atoms with Crippen molar-refractivity contribution in [2.24, 2.45) is 5.92 Å². The van der Waals surface area contributed by atoms with Crippen LogP contribution in [-0.4, -0.2) is 21.8 Å². The molecule has 5 N–H and O–H groups in total. The predicted molar refractivity (Wildman–Crippen MR) is 120 cm³/mol. The normalized spacial score (nSPS) is 22.4. The van der Waals surface area contributed by atoms with Crippen molar-refractivity contribution >= 4 is 17.4 Å². The Balaban J connectivity index is 1.26. The van der Waals surface area contributed by atoms with E-state index in [1.807, 2.05) is 13.0 Å². The second-order valence-electron chi connectivity index (χ2n) is 9.51. The summed E-state index contributed by atoms with van der Waals surface area (Å²) in [7, 11) is 0. The Kier molecular flexibility index (Phi) is 4.47. The highest BCUT2D eigenvalue weighted by Gasteiger charge is 2.52. The Morgan fingerprint density at radius 1 is 1.35 bits per heavy atom. The minimum atomic E-state index is -0.596. The highest BCUT2D eigenvalue weighted by atomic mass is 19.1. The number of hydrogen-bond donors (Lipinski definition) is 5. The van der Waals surface area contributed by atoms with Crippen molar-refractivity contribution in [1.82, 2.24) is 26.3 Å². The van der Waals surface area contributed by atoms with Crippen molar-refractivity contribution in [3.63, 3.8) is 0 Å². The van der Waals surface area contributed by atoms with E-state index in [1.165, 1.54) is 12.1 Å². The van der Waals surface area contributed by atoms with Crippen molar-refractivity contribution in [2.75, 3.05) is 5.32 Å². The van der Waals surface area contributed by atoms with E-state index in [4.69, 9.17) is 5.26 Å². The van der Waals surface area contributed by atoms with Crippen molar-refractivity contribution in [3.05, 3.63) is 64.0 Å². The number of carbonyl (C=O) groups excluding carboxylic acids is 2. The molecule has 1 aromatic carbocycles. The van der Waals surface area contributed by atoms with Gasteiger partial charge in [-0.05, 0) is 62.3 Å². The van der Waals surface area contributed by atoms with Gasteiger partial charge in [0.2, 0.25) is 0 Å². The van der Waals surface area contributed by atoms with Crippen LogP contribution in [-0.2, 0) is 17.8 Å². The number of hydrogen-bond acceptors (Lipinski definition) is 7. The summed E-state index contributed by atoms with van der Waals surface area (Å²) in [5, 5.41) is 15.3. The lowest BCUT2D eigenvalue weighted by molar-refractivity contribution is -0.117. The fourth-order valence-corrected chi connectivity index (χ4v) is 5.35. The molecule has 2 atom stereocenters. The fraction of sp³-hybridized carbons (Fsp3) is 0.375. The molecule has 2 saturated carbocycles. The van der Waals surface area contributed by atoms with Gasteiger partial charge in [-0.25, -0.2) is 4.39 Å². The lowest BCUT2D eigenvalue weighted by Crippen LogP contribution is -2.46. The van der Waals surface area contributed by atoms with Crippen LogP contribution in [0.1, 0.15) is 58.2 Å². The standard InChI is InChI=1S/C24H24FN7O2/c1-12-19(10-27-15-2-3-16(25)14(6-15)9-26)32-17-7-13(17)8-18(32)21(12)22(33)23(34)29-24(4-5-24)20-11-28-31-30-20/h2-3,6,11,13,17,27-28,30-31H,4-5,7-8,10H2,1H3,(H,29,34)/t13-,17-/m1/s1. The number of hydrazine groups is 2. The lowest BCUT2D eigenvalue weighted by atomic mass is 10.0. The van der Waals surface area contributed by atoms with Gasteiger partial charge < -0.3 is 26.1 Å². The van der Waals surface area contributed by atoms with Gasteiger partial charge in [0, 0.05) is 29.3 Å². The third-order valence-electron chi connectivity index (χ3n) is 7.43. The van der Waals surface area contributed by atoms with Crippen molar-refractivity contribution in [1.29, 1.82) is 5.26 Å². The van der Waals surface area contributed by atoms with E-state index < -0.39 is 23.0 Å². The number of nitrogens with zero attached hydrogens (tertiary/aromatic N) is 2. The van der Waals surface area contributed by atoms with E-state index in [-0.39, 0.29) is 5.56 Å². The minimum absolute atomic E-state index is 0.0248. The van der Waals surface area contributed by atoms with Gasteiger partial charge in [0.15, 0.2) is 0 Å². The summed E-state index contributed by atoms with van der Waals surface area (Å²) in [6.07, 6.45) is 5.15. The molecule has 1 amide bonds. The van der Waals surface area contributed by atoms with Gasteiger partial charge in [-0.2, -0.15) is 10.8 Å². The SMILES string of the molecule is Cc1c(C(=O)C(=O)NC2(C3=CNNN3)CC2)c2n(c1CNc1ccc(F)c(C#N)c1)[C@@H]1C[C@@H]1C2. The largest absolute Gasteiger partial charge is 0.379 e. The first-order valence-electron chi connectivity index (χ1n) is 11.4. The number of rotatable bonds is 7. The van der Waals surface area contributed by atoms with Crippen LogP contribution in [0.4, 0.5) is 10.1 Å². The van der Waals surface area contributed by atoms with Crippen LogP contribution in [0.15, 0.2) is 30.1 Å². The zero-order valence-electron chi connectivity index (χ0n) is 18.6. The Labute approximate surface area is 195 Å². The van der Waals surface area contributed by atoms with Gasteiger partial charge >= 0.3 is 0 Å². The molecular formula is C24H24FN7O2. The summed E-state index contributed by atoms with van der Waals surface area (Å²) in [5.41, 5.74) is 12.6. The monoisotopic (exact) mass is 461 g/mol. The van der Waals surface area contributed by atoms with Gasteiger partial charge in [-0.3, -0.25) is 9.59 Å². The van der Waals surface area contributed by atoms with Gasteiger partial charge in [0.25, 0.3) is 11.7 Å². The number of benzene rings is 1. The maximum atomic E-state index is 13.7. The lowest BCUT2D eigenvalue weighted by Gasteiger charge is -2.18. The molecule has 2 aliphatic carbocycles. The Morgan fingerprint density at radius 3 is 2.88 bits per heavy atom. The zero-order valence-corrected chi connectivity index (χ0v) is 18.6. The molecule has 2 fully saturated rings. The maximum absolute atomic E-state index is 13.7. The molecule has 34 heavy (non-hydrogen) atoms. The molecule has 0 bridgehead atoms. The second-order valence-corrected chi connectivity index (χ2v) is 9.51. The Hall–Kier alpha value is -3.84. The molecule has 2 aliphatic heterocycles. The van der Waals surface area contributed by atoms with Crippen LogP contribution in [0.3, 0.4) is 0 Å². The molecule has 174 valence electrons. The highest BCUT2D eigenvalue weighted by molar-refractivity contribution is 6.43. The van der Waals surface area contributed by atoms with Crippen LogP contribution in [0.5, 0.6) is 0 Å². The maximum Gasteiger partial charge on any atom is 0.293 e. The van der Waals surface area contributed by atoms with E-state index >= 15 is 0 Å². The van der Waals surface area contributed by atoms with Gasteiger partial charge in [0.1, 0.15) is 11.9 Å². The molecule has 6 rings (SSSR count). The number of fused-ring (bicyclic) bond motifs is 3. The molecule has 1 aromatic heterocycles. The number of nitriles is 1. The van der Waals surface area contributed by atoms with Crippen LogP contribution in [0.25, 0.3) is 0 Å². The van der Waals surface area contributed by atoms with E-state index in [2.05, 4.69) is 31.6 Å². The molecule has 0 unspecified atom stereocenters. The molecular weight excluding hydrogens is 437 g/mol. The summed E-state index contributed by atoms with van der Waals surface area (Å²) >= 11 is 0. The summed E-state index contributed by atoms with van der Waals surface area (Å²) in [6.45, 7) is 2.29. The van der Waals surface area contributed by atoms with E-state index in [0.29, 0.717) is 29.8 Å². The topological polar surface area (TPSA) is 123 Å². The van der Waals surface area contributed by atoms with Crippen molar-refractivity contribution < 1.29 is 14.0 Å². The summed E-state index contributed by atoms with van der Waals surface area (Å²) in [4.78, 5) is 26.4. The number of Topliss-reactive ketones (excluding diaryl/α,β-unsaturated/α-hetero) is 1. The van der Waals surface area contributed by atoms with Crippen LogP contribution in [0, 0.1) is 30.0 Å². The van der Waals surface area contributed by atoms with E-state index in [1.54, 1.807) is 12.3 Å². The summed E-state index contributed by atoms with van der Waals surface area (Å²) in [6, 6.07) is 6.53. The van der Waals surface area contributed by atoms with Crippen LogP contribution < -0.4 is 27.0 Å². The molecule has 9 nitrogen and oxygen atoms in total. The number of nitrogens with one attached hydrogen (secondary N) is 5. The van der Waals surface area contributed by atoms with E-state index in [0.717, 1.165) is 48.3 Å². The smallest absolute Gasteiger partial charge is 0.293 e. The molecule has 3 heterocycles. The third kappa shape index (κ3) is 3.15. The molecule has 0 radical (unpaired) electrons. The zero-order chi connectivity index (χ0) is 23.6. The quantitative estimate of drug-likeness (QED) is 0.315. The third-order valence-corrected chi connectivity index (χ3v) is 7.43. The first-order chi connectivity index (χ1) is 16.4. The number of halogens is 1. The molecule has 0 saturated heterocycles. The van der Waals surface area contributed by atoms with Crippen molar-refractivity contribution in [2.45, 2.75) is 50.7 Å². The van der Waals surface area contributed by atoms with Gasteiger partial charge in [-0.1, -0.05) is 0 Å². The van der Waals surface area contributed by atoms with E-state index in [9.17, 15) is 14.0 Å². The summed E-state index contributed by atoms with van der Waals surface area (Å²) < 4.78 is 15.9. The Morgan fingerprint density at radius 2 is 2.18 bits per heavy atom. The van der Waals surface area contributed by atoms with Crippen LogP contribution >= 0.6 is 0 Å². The predicted octanol–water partition coefficient (Wildman–Crippen LogP) is 1.82. The number of amides is 1. The molecule has 0 spiro atoms. The molecule has 2 aromatic rings. The summed E-state index contributed by atoms with van der Waals surface area (Å²) in [5.74, 6) is -1.15. The minimum Gasteiger partial charge on any atom is -0.379 e. The first-order valence-corrected chi connectivity index (χ1v) is 11.4. The number of ketones is 1. The molecule has 10 heteroatoms. The van der Waals surface area contributed by atoms with Crippen LogP contribution in [0.2, 0.25) is 0 Å². The Bertz CT molecular complexity index is 1320. The van der Waals surface area contributed by atoms with Gasteiger partial charge in [-0.15, -0.1) is 0 Å². The average molecular weight is 462 g/mol. The second kappa shape index (κ2) is 7.33. The number of aromatic nitrogens is 1.